The number of para-hydroxylation sites is 1. The minimum atomic E-state index is 0.945. The molecule has 1 aromatic heterocycles. The summed E-state index contributed by atoms with van der Waals surface area (Å²) in [7, 11) is 0. The third kappa shape index (κ3) is 3.89. The van der Waals surface area contributed by atoms with Crippen LogP contribution in [0.15, 0.2) is 168 Å². The van der Waals surface area contributed by atoms with Crippen LogP contribution in [0.5, 0.6) is 0 Å². The number of hydrogen-bond acceptors (Lipinski definition) is 2. The van der Waals surface area contributed by atoms with Gasteiger partial charge in [0.1, 0.15) is 11.2 Å². The lowest BCUT2D eigenvalue weighted by atomic mass is 9.95. The molecule has 1 heterocycles. The van der Waals surface area contributed by atoms with E-state index in [1.807, 2.05) is 0 Å². The van der Waals surface area contributed by atoms with Gasteiger partial charge in [0, 0.05) is 33.1 Å². The van der Waals surface area contributed by atoms with Crippen molar-refractivity contribution in [2.45, 2.75) is 0 Å². The van der Waals surface area contributed by atoms with Gasteiger partial charge in [0.05, 0.1) is 5.69 Å². The molecule has 0 saturated heterocycles. The molecule has 0 amide bonds. The molecule has 0 fully saturated rings. The molecule has 0 unspecified atom stereocenters. The number of rotatable bonds is 5. The molecule has 9 aromatic rings. The Morgan fingerprint density at radius 3 is 1.80 bits per heavy atom. The molecule has 2 heteroatoms. The lowest BCUT2D eigenvalue weighted by Gasteiger charge is -2.27. The first-order valence-corrected chi connectivity index (χ1v) is 15.0. The van der Waals surface area contributed by atoms with Crippen LogP contribution in [0.3, 0.4) is 0 Å². The highest BCUT2D eigenvalue weighted by atomic mass is 16.3. The zero-order valence-electron chi connectivity index (χ0n) is 23.9. The van der Waals surface area contributed by atoms with Crippen molar-refractivity contribution < 1.29 is 4.42 Å². The zero-order valence-corrected chi connectivity index (χ0v) is 23.9. The average molecular weight is 562 g/mol. The second-order valence-corrected chi connectivity index (χ2v) is 11.4. The van der Waals surface area contributed by atoms with Crippen LogP contribution in [0.2, 0.25) is 0 Å². The molecule has 0 spiro atoms. The Labute approximate surface area is 255 Å². The third-order valence-corrected chi connectivity index (χ3v) is 8.83. The topological polar surface area (TPSA) is 16.4 Å². The molecular formula is C42H27NO. The van der Waals surface area contributed by atoms with Crippen LogP contribution >= 0.6 is 0 Å². The molecular weight excluding hydrogens is 534 g/mol. The maximum Gasteiger partial charge on any atom is 0.143 e. The molecule has 8 aromatic carbocycles. The van der Waals surface area contributed by atoms with Gasteiger partial charge in [-0.3, -0.25) is 0 Å². The monoisotopic (exact) mass is 561 g/mol. The molecule has 0 aliphatic carbocycles. The van der Waals surface area contributed by atoms with Crippen LogP contribution in [0.1, 0.15) is 0 Å². The number of anilines is 3. The predicted molar refractivity (Wildman–Crippen MR) is 185 cm³/mol. The number of benzene rings is 8. The van der Waals surface area contributed by atoms with Gasteiger partial charge in [-0.2, -0.15) is 0 Å². The van der Waals surface area contributed by atoms with E-state index in [4.69, 9.17) is 4.42 Å². The molecule has 206 valence electrons. The zero-order chi connectivity index (χ0) is 29.0. The maximum atomic E-state index is 6.45. The molecule has 9 rings (SSSR count). The van der Waals surface area contributed by atoms with Crippen LogP contribution in [0.4, 0.5) is 17.1 Å². The van der Waals surface area contributed by atoms with E-state index in [2.05, 4.69) is 169 Å². The Hall–Kier alpha value is -5.86. The van der Waals surface area contributed by atoms with Crippen LogP contribution < -0.4 is 4.90 Å². The summed E-state index contributed by atoms with van der Waals surface area (Å²) in [5.74, 6) is 0. The van der Waals surface area contributed by atoms with E-state index >= 15 is 0 Å². The van der Waals surface area contributed by atoms with Crippen LogP contribution in [0, 0.1) is 0 Å². The van der Waals surface area contributed by atoms with Crippen LogP contribution in [0.25, 0.3) is 65.7 Å². The van der Waals surface area contributed by atoms with Gasteiger partial charge in [0.25, 0.3) is 0 Å². The summed E-state index contributed by atoms with van der Waals surface area (Å²) in [4.78, 5) is 2.34. The standard InChI is InChI=1S/C42H27NO/c1-2-11-34(12-3-1)43(38-14-6-9-30-8-4-5-13-36(30)38)35-25-22-29(23-26-35)28-16-18-31(19-17-28)37-27-24-33-21-20-32-10-7-15-39-40(32)41(33)42(37)44-39/h1-27H. The number of nitrogens with zero attached hydrogens (tertiary/aromatic N) is 1. The Balaban J connectivity index is 1.09. The molecule has 0 atom stereocenters. The van der Waals surface area contributed by atoms with Crippen molar-refractivity contribution in [3.8, 4) is 22.3 Å². The van der Waals surface area contributed by atoms with Gasteiger partial charge in [-0.15, -0.1) is 0 Å². The first-order valence-electron chi connectivity index (χ1n) is 15.0. The van der Waals surface area contributed by atoms with Crippen molar-refractivity contribution in [1.82, 2.24) is 0 Å². The summed E-state index contributed by atoms with van der Waals surface area (Å²) in [5.41, 5.74) is 9.95. The van der Waals surface area contributed by atoms with Crippen molar-refractivity contribution >= 4 is 60.5 Å². The maximum absolute atomic E-state index is 6.45. The highest BCUT2D eigenvalue weighted by Crippen LogP contribution is 2.42. The second kappa shape index (κ2) is 9.86. The molecule has 0 bridgehead atoms. The van der Waals surface area contributed by atoms with E-state index in [0.29, 0.717) is 0 Å². The van der Waals surface area contributed by atoms with Gasteiger partial charge in [-0.1, -0.05) is 121 Å². The van der Waals surface area contributed by atoms with Gasteiger partial charge in [0.2, 0.25) is 0 Å². The van der Waals surface area contributed by atoms with E-state index in [-0.39, 0.29) is 0 Å². The van der Waals surface area contributed by atoms with E-state index in [0.717, 1.165) is 39.4 Å². The second-order valence-electron chi connectivity index (χ2n) is 11.4. The molecule has 0 saturated carbocycles. The molecule has 0 aliphatic rings. The normalized spacial score (nSPS) is 11.6. The fourth-order valence-corrected chi connectivity index (χ4v) is 6.71. The van der Waals surface area contributed by atoms with E-state index in [9.17, 15) is 0 Å². The quantitative estimate of drug-likeness (QED) is 0.194. The fraction of sp³-hybridized carbons (Fsp3) is 0. The molecule has 0 N–H and O–H groups in total. The minimum Gasteiger partial charge on any atom is -0.455 e. The van der Waals surface area contributed by atoms with Gasteiger partial charge in [-0.25, -0.2) is 0 Å². The van der Waals surface area contributed by atoms with E-state index in [1.165, 1.54) is 43.4 Å². The summed E-state index contributed by atoms with van der Waals surface area (Å²) >= 11 is 0. The lowest BCUT2D eigenvalue weighted by molar-refractivity contribution is 0.670. The SMILES string of the molecule is c1ccc(N(c2ccc(-c3ccc(-c4ccc5ccc6cccc7oc4c5c67)cc3)cc2)c2cccc3ccccc23)cc1. The highest BCUT2D eigenvalue weighted by molar-refractivity contribution is 6.24. The summed E-state index contributed by atoms with van der Waals surface area (Å²) in [6.07, 6.45) is 0. The molecule has 44 heavy (non-hydrogen) atoms. The highest BCUT2D eigenvalue weighted by Gasteiger charge is 2.17. The molecule has 0 aliphatic heterocycles. The summed E-state index contributed by atoms with van der Waals surface area (Å²) < 4.78 is 6.45. The number of hydrogen-bond donors (Lipinski definition) is 0. The van der Waals surface area contributed by atoms with Crippen molar-refractivity contribution in [3.63, 3.8) is 0 Å². The van der Waals surface area contributed by atoms with Gasteiger partial charge < -0.3 is 9.32 Å². The Kier molecular flexibility index (Phi) is 5.54. The van der Waals surface area contributed by atoms with Gasteiger partial charge >= 0.3 is 0 Å². The van der Waals surface area contributed by atoms with Gasteiger partial charge in [0.15, 0.2) is 0 Å². The number of furan rings is 1. The Morgan fingerprint density at radius 2 is 0.977 bits per heavy atom. The summed E-state index contributed by atoms with van der Waals surface area (Å²) in [5, 5.41) is 7.31. The van der Waals surface area contributed by atoms with Gasteiger partial charge in [-0.05, 0) is 75.3 Å². The predicted octanol–water partition coefficient (Wildman–Crippen LogP) is 12.1. The Morgan fingerprint density at radius 1 is 0.386 bits per heavy atom. The first-order chi connectivity index (χ1) is 21.8. The largest absolute Gasteiger partial charge is 0.455 e. The fourth-order valence-electron chi connectivity index (χ4n) is 6.71. The smallest absolute Gasteiger partial charge is 0.143 e. The average Bonchev–Trinajstić information content (AvgIpc) is 3.49. The first kappa shape index (κ1) is 24.7. The molecule has 0 radical (unpaired) electrons. The van der Waals surface area contributed by atoms with Crippen molar-refractivity contribution in [3.05, 3.63) is 164 Å². The summed E-state index contributed by atoms with van der Waals surface area (Å²) in [6.45, 7) is 0. The number of fused-ring (bicyclic) bond motifs is 1. The Bertz CT molecular complexity index is 2410. The van der Waals surface area contributed by atoms with Crippen molar-refractivity contribution in [1.29, 1.82) is 0 Å². The third-order valence-electron chi connectivity index (χ3n) is 8.83. The van der Waals surface area contributed by atoms with Crippen molar-refractivity contribution in [2.75, 3.05) is 4.90 Å². The van der Waals surface area contributed by atoms with Crippen molar-refractivity contribution in [2.24, 2.45) is 0 Å². The minimum absolute atomic E-state index is 0.945. The van der Waals surface area contributed by atoms with Crippen LogP contribution in [-0.4, -0.2) is 0 Å². The molecule has 2 nitrogen and oxygen atoms in total. The van der Waals surface area contributed by atoms with E-state index < -0.39 is 0 Å². The lowest BCUT2D eigenvalue weighted by Crippen LogP contribution is -2.10. The summed E-state index contributed by atoms with van der Waals surface area (Å²) in [6, 6.07) is 58.4. The van der Waals surface area contributed by atoms with E-state index in [1.54, 1.807) is 0 Å². The van der Waals surface area contributed by atoms with Crippen LogP contribution in [-0.2, 0) is 0 Å².